The first-order chi connectivity index (χ1) is 4.00. The second-order valence-corrected chi connectivity index (χ2v) is 0.990. The van der Waals surface area contributed by atoms with Crippen molar-refractivity contribution in [1.29, 1.82) is 0 Å². The van der Waals surface area contributed by atoms with Crippen LogP contribution < -0.4 is 6.15 Å². The molecule has 0 aliphatic carbocycles. The second-order valence-electron chi connectivity index (χ2n) is 0.990. The van der Waals surface area contributed by atoms with E-state index < -0.39 is 14.5 Å². The Morgan fingerprint density at radius 2 is 0.455 bits per heavy atom. The molecule has 0 radical (unpaired) electrons. The van der Waals surface area contributed by atoms with Gasteiger partial charge in [-0.05, 0) is 0 Å². The summed E-state index contributed by atoms with van der Waals surface area (Å²) >= 11 is 0. The lowest BCUT2D eigenvalue weighted by Gasteiger charge is -1.94. The Morgan fingerprint density at radius 3 is 0.455 bits per heavy atom. The Morgan fingerprint density at radius 1 is 0.455 bits per heavy atom. The SMILES string of the molecule is F[B-](F)(F)F.F[B-](F)(F)F.N. The molecule has 11 heavy (non-hydrogen) atoms. The molecular formula is H3B2F8N-2. The third-order valence-electron chi connectivity index (χ3n) is 0. The van der Waals surface area contributed by atoms with E-state index in [0.717, 1.165) is 0 Å². The largest absolute Gasteiger partial charge is 0.673 e. The summed E-state index contributed by atoms with van der Waals surface area (Å²) in [5, 5.41) is 0. The fourth-order valence-corrected chi connectivity index (χ4v) is 0. The van der Waals surface area contributed by atoms with E-state index in [0.29, 0.717) is 0 Å². The minimum atomic E-state index is -6.00. The summed E-state index contributed by atoms with van der Waals surface area (Å²) in [5.41, 5.74) is 0. The molecule has 0 bridgehead atoms. The van der Waals surface area contributed by atoms with E-state index in [9.17, 15) is 34.5 Å². The Bertz CT molecular complexity index is 55.1. The third-order valence-corrected chi connectivity index (χ3v) is 0. The van der Waals surface area contributed by atoms with E-state index in [4.69, 9.17) is 0 Å². The summed E-state index contributed by atoms with van der Waals surface area (Å²) in [4.78, 5) is 0. The van der Waals surface area contributed by atoms with Crippen LogP contribution in [-0.4, -0.2) is 14.5 Å². The van der Waals surface area contributed by atoms with E-state index in [1.54, 1.807) is 0 Å². The maximum absolute atomic E-state index is 9.75. The molecule has 0 unspecified atom stereocenters. The van der Waals surface area contributed by atoms with Gasteiger partial charge < -0.3 is 40.7 Å². The van der Waals surface area contributed by atoms with Crippen molar-refractivity contribution in [1.82, 2.24) is 6.15 Å². The molecule has 0 spiro atoms. The minimum Gasteiger partial charge on any atom is -0.418 e. The summed E-state index contributed by atoms with van der Waals surface area (Å²) in [5.74, 6) is 0. The average Bonchev–Trinajstić information content (AvgIpc) is 1.12. The highest BCUT2D eigenvalue weighted by Gasteiger charge is 2.21. The number of hydrogen-bond acceptors (Lipinski definition) is 1. The highest BCUT2D eigenvalue weighted by molar-refractivity contribution is 6.50. The Kier molecular flexibility index (Phi) is 8.00. The van der Waals surface area contributed by atoms with Gasteiger partial charge in [-0.3, -0.25) is 0 Å². The monoisotopic (exact) mass is 191 g/mol. The van der Waals surface area contributed by atoms with Gasteiger partial charge in [-0.25, -0.2) is 0 Å². The number of halogens is 8. The van der Waals surface area contributed by atoms with Crippen LogP contribution in [0.1, 0.15) is 0 Å². The Labute approximate surface area is 56.6 Å². The molecule has 0 atom stereocenters. The lowest BCUT2D eigenvalue weighted by Crippen LogP contribution is -2.02. The molecule has 0 saturated heterocycles. The molecule has 3 N–H and O–H groups in total. The zero-order chi connectivity index (χ0) is 9.00. The Hall–Kier alpha value is -0.470. The van der Waals surface area contributed by atoms with Gasteiger partial charge in [0.05, 0.1) is 0 Å². The minimum absolute atomic E-state index is 0. The van der Waals surface area contributed by atoms with Crippen LogP contribution in [0.25, 0.3) is 0 Å². The summed E-state index contributed by atoms with van der Waals surface area (Å²) < 4.78 is 78.0. The molecule has 0 aliphatic heterocycles. The van der Waals surface area contributed by atoms with Crippen molar-refractivity contribution in [3.05, 3.63) is 0 Å². The van der Waals surface area contributed by atoms with E-state index >= 15 is 0 Å². The maximum atomic E-state index is 9.75. The van der Waals surface area contributed by atoms with Gasteiger partial charge in [0.2, 0.25) is 0 Å². The highest BCUT2D eigenvalue weighted by atomic mass is 19.5. The van der Waals surface area contributed by atoms with Gasteiger partial charge in [-0.1, -0.05) is 0 Å². The van der Waals surface area contributed by atoms with Gasteiger partial charge in [0, 0.05) is 0 Å². The molecular weight excluding hydrogens is 188 g/mol. The van der Waals surface area contributed by atoms with Gasteiger partial charge >= 0.3 is 14.5 Å². The molecule has 1 nitrogen and oxygen atoms in total. The van der Waals surface area contributed by atoms with Crippen LogP contribution in [0.3, 0.4) is 0 Å². The van der Waals surface area contributed by atoms with Crippen LogP contribution in [0.5, 0.6) is 0 Å². The number of hydrogen-bond donors (Lipinski definition) is 1. The molecule has 0 fully saturated rings. The molecule has 72 valence electrons. The molecule has 0 aromatic rings. The number of rotatable bonds is 0. The van der Waals surface area contributed by atoms with Crippen molar-refractivity contribution in [3.8, 4) is 0 Å². The van der Waals surface area contributed by atoms with Crippen molar-refractivity contribution in [3.63, 3.8) is 0 Å². The standard InChI is InChI=1S/2BF4.H3N/c2*2-1(3,4)5;/h;;1H3/q2*-1;. The van der Waals surface area contributed by atoms with E-state index in [-0.39, 0.29) is 6.15 Å². The van der Waals surface area contributed by atoms with Crippen LogP contribution >= 0.6 is 0 Å². The van der Waals surface area contributed by atoms with Gasteiger partial charge in [0.15, 0.2) is 0 Å². The van der Waals surface area contributed by atoms with E-state index in [1.807, 2.05) is 0 Å². The van der Waals surface area contributed by atoms with Gasteiger partial charge in [-0.2, -0.15) is 0 Å². The van der Waals surface area contributed by atoms with E-state index in [1.165, 1.54) is 0 Å². The van der Waals surface area contributed by atoms with Crippen molar-refractivity contribution in [2.24, 2.45) is 0 Å². The predicted molar refractivity (Wildman–Crippen MR) is 25.4 cm³/mol. The first kappa shape index (κ1) is 16.9. The molecule has 11 heteroatoms. The quantitative estimate of drug-likeness (QED) is 0.463. The first-order valence-electron chi connectivity index (χ1n) is 1.75. The van der Waals surface area contributed by atoms with Crippen LogP contribution in [0.4, 0.5) is 34.5 Å². The lowest BCUT2D eigenvalue weighted by molar-refractivity contribution is 0.366. The fraction of sp³-hybridized carbons (Fsp3) is 0. The first-order valence-corrected chi connectivity index (χ1v) is 1.75. The molecule has 0 saturated carbocycles. The summed E-state index contributed by atoms with van der Waals surface area (Å²) in [6.07, 6.45) is 0. The molecule has 0 aliphatic rings. The maximum Gasteiger partial charge on any atom is 0.673 e. The molecule has 0 aromatic heterocycles. The average molecular weight is 191 g/mol. The van der Waals surface area contributed by atoms with Crippen LogP contribution in [0.15, 0.2) is 0 Å². The van der Waals surface area contributed by atoms with Gasteiger partial charge in [0.25, 0.3) is 0 Å². The van der Waals surface area contributed by atoms with E-state index in [2.05, 4.69) is 0 Å². The van der Waals surface area contributed by atoms with Crippen LogP contribution in [0.2, 0.25) is 0 Å². The topological polar surface area (TPSA) is 35.0 Å². The van der Waals surface area contributed by atoms with Gasteiger partial charge in [-0.15, -0.1) is 0 Å². The highest BCUT2D eigenvalue weighted by Crippen LogP contribution is 2.07. The zero-order valence-corrected chi connectivity index (χ0v) is 4.89. The zero-order valence-electron chi connectivity index (χ0n) is 4.89. The van der Waals surface area contributed by atoms with Crippen molar-refractivity contribution in [2.75, 3.05) is 0 Å². The van der Waals surface area contributed by atoms with Crippen molar-refractivity contribution < 1.29 is 34.5 Å². The summed E-state index contributed by atoms with van der Waals surface area (Å²) in [6.45, 7) is 0. The Balaban J connectivity index is -0.000000107. The fourth-order valence-electron chi connectivity index (χ4n) is 0. The third kappa shape index (κ3) is 2440. The molecule has 0 rings (SSSR count). The van der Waals surface area contributed by atoms with Crippen LogP contribution in [0, 0.1) is 0 Å². The second kappa shape index (κ2) is 5.22. The van der Waals surface area contributed by atoms with Crippen molar-refractivity contribution >= 4 is 14.5 Å². The smallest absolute Gasteiger partial charge is 0.418 e. The molecule has 0 heterocycles. The van der Waals surface area contributed by atoms with Crippen molar-refractivity contribution in [2.45, 2.75) is 0 Å². The van der Waals surface area contributed by atoms with Crippen LogP contribution in [-0.2, 0) is 0 Å². The lowest BCUT2D eigenvalue weighted by atomic mass is 10.3. The van der Waals surface area contributed by atoms with Gasteiger partial charge in [0.1, 0.15) is 0 Å². The predicted octanol–water partition coefficient (Wildman–Crippen LogP) is 2.76. The normalized spacial score (nSPS) is 10.9. The summed E-state index contributed by atoms with van der Waals surface area (Å²) in [6, 6.07) is 0. The summed E-state index contributed by atoms with van der Waals surface area (Å²) in [7, 11) is -12.0. The molecule has 0 aromatic carbocycles. The molecule has 0 amide bonds.